The third kappa shape index (κ3) is 3.63. The van der Waals surface area contributed by atoms with Crippen LogP contribution < -0.4 is 11.2 Å². The van der Waals surface area contributed by atoms with E-state index in [2.05, 4.69) is 13.1 Å². The molecule has 21 heteroatoms. The number of aliphatic hydroxyl groups is 1. The van der Waals surface area contributed by atoms with Gasteiger partial charge in [-0.25, -0.2) is 18.5 Å². The summed E-state index contributed by atoms with van der Waals surface area (Å²) in [5, 5.41) is 10.6. The van der Waals surface area contributed by atoms with E-state index in [1.54, 1.807) is 4.98 Å². The molecule has 0 spiro atoms. The van der Waals surface area contributed by atoms with Crippen LogP contribution in [0.15, 0.2) is 15.8 Å². The van der Waals surface area contributed by atoms with Gasteiger partial charge in [0.25, 0.3) is 5.56 Å². The number of H-pyrrole nitrogens is 1. The lowest BCUT2D eigenvalue weighted by Crippen LogP contribution is -2.52. The first-order chi connectivity index (χ1) is 14.0. The van der Waals surface area contributed by atoms with E-state index in [4.69, 9.17) is 24.2 Å². The Balaban J connectivity index is 1.50. The first kappa shape index (κ1) is 23.1. The molecule has 3 unspecified atom stereocenters. The van der Waals surface area contributed by atoms with Gasteiger partial charge in [0.1, 0.15) is 12.2 Å². The van der Waals surface area contributed by atoms with Crippen molar-refractivity contribution in [3.8, 4) is 0 Å². The zero-order valence-electron chi connectivity index (χ0n) is 14.5. The van der Waals surface area contributed by atoms with Crippen LogP contribution in [0, 0.1) is 5.82 Å². The Hall–Kier alpha value is -1.10. The van der Waals surface area contributed by atoms with Crippen LogP contribution in [0.4, 0.5) is 4.39 Å². The third-order valence-electron chi connectivity index (χ3n) is 4.78. The van der Waals surface area contributed by atoms with Gasteiger partial charge >= 0.3 is 29.2 Å². The molecule has 3 aliphatic rings. The average Bonchev–Trinajstić information content (AvgIpc) is 2.87. The highest BCUT2D eigenvalue weighted by Crippen LogP contribution is 2.74. The zero-order valence-corrected chi connectivity index (χ0v) is 17.2. The molecule has 3 heterocycles. The number of phosphoric acid groups is 3. The topological polar surface area (TPSA) is 253 Å². The minimum atomic E-state index is -5.76. The van der Waals surface area contributed by atoms with Gasteiger partial charge in [0.2, 0.25) is 5.82 Å². The fourth-order valence-electron chi connectivity index (χ4n) is 3.54. The normalized spacial score (nSPS) is 37.4. The van der Waals surface area contributed by atoms with E-state index in [1.807, 2.05) is 0 Å². The number of hydrogen-bond acceptors (Lipinski definition) is 11. The van der Waals surface area contributed by atoms with Gasteiger partial charge in [-0.3, -0.25) is 18.9 Å². The van der Waals surface area contributed by atoms with Crippen LogP contribution in [0.3, 0.4) is 0 Å². The van der Waals surface area contributed by atoms with Crippen molar-refractivity contribution in [2.24, 2.45) is 0 Å². The van der Waals surface area contributed by atoms with Gasteiger partial charge in [0.05, 0.1) is 12.8 Å². The third-order valence-corrected chi connectivity index (χ3v) is 8.56. The van der Waals surface area contributed by atoms with Crippen molar-refractivity contribution in [1.82, 2.24) is 9.55 Å². The molecule has 1 saturated carbocycles. The summed E-state index contributed by atoms with van der Waals surface area (Å²) in [6.45, 7) is -1.04. The van der Waals surface area contributed by atoms with E-state index in [0.717, 1.165) is 0 Å². The molecule has 3 fully saturated rings. The van der Waals surface area contributed by atoms with Crippen molar-refractivity contribution in [3.63, 3.8) is 0 Å². The number of fused-ring (bicyclic) bond motifs is 1. The van der Waals surface area contributed by atoms with Crippen LogP contribution in [-0.4, -0.2) is 64.2 Å². The molecule has 4 rings (SSSR count). The highest BCUT2D eigenvalue weighted by Gasteiger charge is 2.96. The summed E-state index contributed by atoms with van der Waals surface area (Å²) in [5.74, 6) is -1.35. The Morgan fingerprint density at radius 3 is 2.42 bits per heavy atom. The van der Waals surface area contributed by atoms with E-state index in [9.17, 15) is 37.7 Å². The SMILES string of the molecule is O=c1[nH]c(=O)n([C@@H]2O[C@@]3(COP(=O)(O)OP(=O)(O)OP(=O)(O)O)C4O[C@@H]2[C@@]43O)cc1F. The first-order valence-electron chi connectivity index (χ1n) is 7.86. The minimum Gasteiger partial charge on any atom is -0.381 e. The highest BCUT2D eigenvalue weighted by molar-refractivity contribution is 7.66. The number of rotatable bonds is 8. The Kier molecular flexibility index (Phi) is 4.99. The number of phosphoric ester groups is 1. The average molecular weight is 512 g/mol. The molecular weight excluding hydrogens is 500 g/mol. The van der Waals surface area contributed by atoms with Crippen molar-refractivity contribution >= 4 is 23.5 Å². The molecule has 174 valence electrons. The van der Waals surface area contributed by atoms with E-state index in [1.165, 1.54) is 0 Å². The van der Waals surface area contributed by atoms with E-state index in [-0.39, 0.29) is 0 Å². The fourth-order valence-corrected chi connectivity index (χ4v) is 6.59. The minimum absolute atomic E-state index is 0.493. The molecule has 0 bridgehead atoms. The number of aromatic nitrogens is 2. The van der Waals surface area contributed by atoms with E-state index >= 15 is 0 Å². The number of nitrogens with one attached hydrogen (secondary N) is 1. The molecule has 17 nitrogen and oxygen atoms in total. The fraction of sp³-hybridized carbons (Fsp3) is 0.600. The van der Waals surface area contributed by atoms with Crippen molar-refractivity contribution in [1.29, 1.82) is 0 Å². The van der Waals surface area contributed by atoms with Crippen molar-refractivity contribution in [3.05, 3.63) is 32.9 Å². The van der Waals surface area contributed by atoms with Crippen LogP contribution in [0.5, 0.6) is 0 Å². The molecule has 1 aromatic heterocycles. The number of halogens is 1. The summed E-state index contributed by atoms with van der Waals surface area (Å²) >= 11 is 0. The summed E-state index contributed by atoms with van der Waals surface area (Å²) in [6, 6.07) is 0. The summed E-state index contributed by atoms with van der Waals surface area (Å²) in [6.07, 6.45) is -3.38. The maximum Gasteiger partial charge on any atom is 0.490 e. The Labute approximate surface area is 168 Å². The number of aromatic amines is 1. The monoisotopic (exact) mass is 512 g/mol. The number of hydrogen-bond donors (Lipinski definition) is 6. The molecule has 0 aromatic carbocycles. The Bertz CT molecular complexity index is 1210. The Morgan fingerprint density at radius 1 is 1.16 bits per heavy atom. The summed E-state index contributed by atoms with van der Waals surface area (Å²) in [4.78, 5) is 60.4. The quantitative estimate of drug-likeness (QED) is 0.202. The predicted molar refractivity (Wildman–Crippen MR) is 87.6 cm³/mol. The van der Waals surface area contributed by atoms with Gasteiger partial charge in [-0.05, 0) is 0 Å². The second kappa shape index (κ2) is 6.71. The van der Waals surface area contributed by atoms with Crippen molar-refractivity contribution < 1.29 is 65.4 Å². The summed E-state index contributed by atoms with van der Waals surface area (Å²) < 4.78 is 70.2. The van der Waals surface area contributed by atoms with Crippen molar-refractivity contribution in [2.45, 2.75) is 29.6 Å². The molecule has 1 aliphatic carbocycles. The summed E-state index contributed by atoms with van der Waals surface area (Å²) in [7, 11) is -16.9. The van der Waals surface area contributed by atoms with E-state index in [0.29, 0.717) is 10.8 Å². The van der Waals surface area contributed by atoms with Gasteiger partial charge in [0, 0.05) is 0 Å². The second-order valence-corrected chi connectivity index (χ2v) is 11.1. The molecular formula is C10H12FN2O15P3. The van der Waals surface area contributed by atoms with Gasteiger partial charge < -0.3 is 34.2 Å². The van der Waals surface area contributed by atoms with Gasteiger partial charge in [0.15, 0.2) is 17.4 Å². The molecule has 1 aromatic rings. The van der Waals surface area contributed by atoms with Crippen LogP contribution in [0.25, 0.3) is 0 Å². The standard InChI is InChI=1S/C10H12FN2O15P3/c11-3-1-13(8(15)12-5(3)14)6-4-10(16)7(25-4)9(10,26-6)2-24-30(20,21)28-31(22,23)27-29(17,18)19/h1,4,6-7,16H,2H2,(H,20,21)(H,22,23)(H,12,14,15)(H2,17,18,19)/t4-,6+,7?,9-,10+/m0/s1. The molecule has 31 heavy (non-hydrogen) atoms. The molecule has 0 radical (unpaired) electrons. The molecule has 6 N–H and O–H groups in total. The van der Waals surface area contributed by atoms with Crippen LogP contribution in [-0.2, 0) is 36.3 Å². The highest BCUT2D eigenvalue weighted by atomic mass is 31.3. The number of ether oxygens (including phenoxy) is 2. The molecule has 2 saturated heterocycles. The van der Waals surface area contributed by atoms with Gasteiger partial charge in [-0.1, -0.05) is 0 Å². The van der Waals surface area contributed by atoms with Gasteiger partial charge in [-0.15, -0.1) is 0 Å². The first-order valence-corrected chi connectivity index (χ1v) is 12.4. The Morgan fingerprint density at radius 2 is 1.81 bits per heavy atom. The lowest BCUT2D eigenvalue weighted by atomic mass is 10.1. The van der Waals surface area contributed by atoms with Gasteiger partial charge in [-0.2, -0.15) is 13.0 Å². The maximum absolute atomic E-state index is 13.5. The zero-order chi connectivity index (χ0) is 23.2. The van der Waals surface area contributed by atoms with Crippen LogP contribution >= 0.6 is 23.5 Å². The van der Waals surface area contributed by atoms with Crippen LogP contribution in [0.2, 0.25) is 0 Å². The second-order valence-electron chi connectivity index (χ2n) is 6.67. The lowest BCUT2D eigenvalue weighted by molar-refractivity contribution is -0.237. The van der Waals surface area contributed by atoms with Crippen LogP contribution in [0.1, 0.15) is 6.23 Å². The lowest BCUT2D eigenvalue weighted by Gasteiger charge is -2.36. The molecule has 2 aliphatic heterocycles. The van der Waals surface area contributed by atoms with Crippen molar-refractivity contribution in [2.75, 3.05) is 6.61 Å². The molecule has 7 atom stereocenters. The largest absolute Gasteiger partial charge is 0.490 e. The summed E-state index contributed by atoms with van der Waals surface area (Å²) in [5.41, 5.74) is -6.18. The number of nitrogens with zero attached hydrogens (tertiary/aromatic N) is 1. The van der Waals surface area contributed by atoms with E-state index < -0.39 is 76.8 Å². The smallest absolute Gasteiger partial charge is 0.381 e. The molecule has 0 amide bonds. The maximum atomic E-state index is 13.5. The predicted octanol–water partition coefficient (Wildman–Crippen LogP) is -2.20.